The number of hydrogen-bond acceptors (Lipinski definition) is 3. The Morgan fingerprint density at radius 1 is 1.45 bits per heavy atom. The van der Waals surface area contributed by atoms with Crippen molar-refractivity contribution in [3.05, 3.63) is 40.9 Å². The molecule has 0 fully saturated rings. The summed E-state index contributed by atoms with van der Waals surface area (Å²) in [6.45, 7) is 5.81. The topological polar surface area (TPSA) is 72.9 Å². The number of aromatic nitrogens is 2. The zero-order valence-electron chi connectivity index (χ0n) is 11.6. The Labute approximate surface area is 122 Å². The summed E-state index contributed by atoms with van der Waals surface area (Å²) in [7, 11) is 0. The van der Waals surface area contributed by atoms with E-state index in [9.17, 15) is 4.79 Å². The molecule has 2 heterocycles. The van der Waals surface area contributed by atoms with Crippen LogP contribution in [0.1, 0.15) is 35.9 Å². The third-order valence-corrected chi connectivity index (χ3v) is 3.33. The highest BCUT2D eigenvalue weighted by Crippen LogP contribution is 2.20. The van der Waals surface area contributed by atoms with Gasteiger partial charge in [-0.3, -0.25) is 4.79 Å². The van der Waals surface area contributed by atoms with Gasteiger partial charge in [0.05, 0.1) is 17.6 Å². The van der Waals surface area contributed by atoms with Crippen molar-refractivity contribution < 1.29 is 4.79 Å². The van der Waals surface area contributed by atoms with Crippen molar-refractivity contribution in [3.8, 4) is 0 Å². The standard InChI is InChI=1S/C14H17ClN4O/c1-8(2)19-7-10(16)5-12(19)14(20)18-11-4-9(3)13(15)17-6-11/h4-8H,16H2,1-3H3,(H,18,20). The van der Waals surface area contributed by atoms with Gasteiger partial charge in [0.15, 0.2) is 0 Å². The third kappa shape index (κ3) is 2.93. The molecule has 0 atom stereocenters. The number of pyridine rings is 1. The summed E-state index contributed by atoms with van der Waals surface area (Å²) < 4.78 is 1.83. The summed E-state index contributed by atoms with van der Waals surface area (Å²) in [5.41, 5.74) is 8.26. The number of anilines is 2. The summed E-state index contributed by atoms with van der Waals surface area (Å²) in [4.78, 5) is 16.3. The number of rotatable bonds is 3. The van der Waals surface area contributed by atoms with E-state index in [-0.39, 0.29) is 11.9 Å². The molecule has 0 saturated heterocycles. The number of carbonyl (C=O) groups is 1. The van der Waals surface area contributed by atoms with E-state index < -0.39 is 0 Å². The average Bonchev–Trinajstić information content (AvgIpc) is 2.76. The SMILES string of the molecule is Cc1cc(NC(=O)c2cc(N)cn2C(C)C)cnc1Cl. The largest absolute Gasteiger partial charge is 0.397 e. The van der Waals surface area contributed by atoms with Gasteiger partial charge in [0, 0.05) is 12.2 Å². The second kappa shape index (κ2) is 5.54. The number of nitrogens with zero attached hydrogens (tertiary/aromatic N) is 2. The summed E-state index contributed by atoms with van der Waals surface area (Å²) in [5, 5.41) is 3.23. The molecule has 106 valence electrons. The highest BCUT2D eigenvalue weighted by molar-refractivity contribution is 6.30. The second-order valence-electron chi connectivity index (χ2n) is 4.95. The van der Waals surface area contributed by atoms with Crippen molar-refractivity contribution in [2.45, 2.75) is 26.8 Å². The van der Waals surface area contributed by atoms with Gasteiger partial charge in [-0.05, 0) is 38.5 Å². The van der Waals surface area contributed by atoms with Crippen molar-refractivity contribution in [3.63, 3.8) is 0 Å². The van der Waals surface area contributed by atoms with Crippen LogP contribution < -0.4 is 11.1 Å². The molecule has 0 aromatic carbocycles. The molecule has 0 aliphatic rings. The number of nitrogens with two attached hydrogens (primary N) is 1. The van der Waals surface area contributed by atoms with Gasteiger partial charge in [-0.15, -0.1) is 0 Å². The predicted molar refractivity (Wildman–Crippen MR) is 81.2 cm³/mol. The molecule has 2 aromatic heterocycles. The van der Waals surface area contributed by atoms with Crippen LogP contribution in [0.4, 0.5) is 11.4 Å². The van der Waals surface area contributed by atoms with Crippen molar-refractivity contribution in [1.82, 2.24) is 9.55 Å². The lowest BCUT2D eigenvalue weighted by atomic mass is 10.3. The van der Waals surface area contributed by atoms with Crippen molar-refractivity contribution in [2.75, 3.05) is 11.1 Å². The van der Waals surface area contributed by atoms with Crippen LogP contribution in [-0.4, -0.2) is 15.5 Å². The number of hydrogen-bond donors (Lipinski definition) is 2. The molecular formula is C14H17ClN4O. The lowest BCUT2D eigenvalue weighted by Crippen LogP contribution is -2.18. The smallest absolute Gasteiger partial charge is 0.272 e. The van der Waals surface area contributed by atoms with Gasteiger partial charge >= 0.3 is 0 Å². The Morgan fingerprint density at radius 2 is 2.15 bits per heavy atom. The van der Waals surface area contributed by atoms with E-state index in [1.165, 1.54) is 6.20 Å². The van der Waals surface area contributed by atoms with Crippen LogP contribution >= 0.6 is 11.6 Å². The first kappa shape index (κ1) is 14.4. The summed E-state index contributed by atoms with van der Waals surface area (Å²) >= 11 is 5.86. The Hall–Kier alpha value is -2.01. The molecule has 2 rings (SSSR count). The molecule has 0 unspecified atom stereocenters. The highest BCUT2D eigenvalue weighted by Gasteiger charge is 2.15. The minimum Gasteiger partial charge on any atom is -0.397 e. The van der Waals surface area contributed by atoms with Crippen molar-refractivity contribution in [1.29, 1.82) is 0 Å². The molecule has 1 amide bonds. The maximum absolute atomic E-state index is 12.3. The summed E-state index contributed by atoms with van der Waals surface area (Å²) in [6.07, 6.45) is 3.28. The molecule has 0 saturated carbocycles. The van der Waals surface area contributed by atoms with E-state index in [2.05, 4.69) is 10.3 Å². The van der Waals surface area contributed by atoms with Crippen LogP contribution in [0.15, 0.2) is 24.5 Å². The lowest BCUT2D eigenvalue weighted by Gasteiger charge is -2.12. The molecule has 3 N–H and O–H groups in total. The van der Waals surface area contributed by atoms with Gasteiger partial charge in [0.2, 0.25) is 0 Å². The maximum atomic E-state index is 12.3. The molecule has 6 heteroatoms. The van der Waals surface area contributed by atoms with Gasteiger partial charge in [0.1, 0.15) is 10.8 Å². The number of aryl methyl sites for hydroxylation is 1. The Kier molecular flexibility index (Phi) is 3.99. The highest BCUT2D eigenvalue weighted by atomic mass is 35.5. The molecule has 2 aromatic rings. The first-order chi connectivity index (χ1) is 9.38. The third-order valence-electron chi connectivity index (χ3n) is 2.93. The number of nitrogens with one attached hydrogen (secondary N) is 1. The maximum Gasteiger partial charge on any atom is 0.272 e. The van der Waals surface area contributed by atoms with Crippen LogP contribution in [-0.2, 0) is 0 Å². The average molecular weight is 293 g/mol. The van der Waals surface area contributed by atoms with Crippen molar-refractivity contribution in [2.24, 2.45) is 0 Å². The number of halogens is 1. The molecule has 0 bridgehead atoms. The monoisotopic (exact) mass is 292 g/mol. The normalized spacial score (nSPS) is 10.8. The molecular weight excluding hydrogens is 276 g/mol. The van der Waals surface area contributed by atoms with E-state index in [0.29, 0.717) is 22.2 Å². The fourth-order valence-electron chi connectivity index (χ4n) is 1.93. The quantitative estimate of drug-likeness (QED) is 0.853. The van der Waals surface area contributed by atoms with Crippen LogP contribution in [0.2, 0.25) is 5.15 Å². The minimum absolute atomic E-state index is 0.151. The molecule has 20 heavy (non-hydrogen) atoms. The van der Waals surface area contributed by atoms with Gasteiger partial charge in [0.25, 0.3) is 5.91 Å². The first-order valence-corrected chi connectivity index (χ1v) is 6.67. The fraction of sp³-hybridized carbons (Fsp3) is 0.286. The summed E-state index contributed by atoms with van der Waals surface area (Å²) in [5.74, 6) is -0.223. The van der Waals surface area contributed by atoms with Gasteiger partial charge in [-0.1, -0.05) is 11.6 Å². The van der Waals surface area contributed by atoms with E-state index in [4.69, 9.17) is 17.3 Å². The van der Waals surface area contributed by atoms with Crippen molar-refractivity contribution >= 4 is 28.9 Å². The Balaban J connectivity index is 2.26. The molecule has 0 radical (unpaired) electrons. The predicted octanol–water partition coefficient (Wildman–Crippen LogP) is 3.26. The van der Waals surface area contributed by atoms with Crippen LogP contribution in [0.25, 0.3) is 0 Å². The van der Waals surface area contributed by atoms with E-state index in [1.807, 2.05) is 25.3 Å². The van der Waals surface area contributed by atoms with E-state index in [1.54, 1.807) is 18.3 Å². The molecule has 0 aliphatic heterocycles. The number of nitrogen functional groups attached to an aromatic ring is 1. The molecule has 0 spiro atoms. The van der Waals surface area contributed by atoms with E-state index in [0.717, 1.165) is 5.56 Å². The van der Waals surface area contributed by atoms with Gasteiger partial charge < -0.3 is 15.6 Å². The summed E-state index contributed by atoms with van der Waals surface area (Å²) in [6, 6.07) is 3.59. The first-order valence-electron chi connectivity index (χ1n) is 6.29. The lowest BCUT2D eigenvalue weighted by molar-refractivity contribution is 0.101. The van der Waals surface area contributed by atoms with Crippen LogP contribution in [0.3, 0.4) is 0 Å². The molecule has 0 aliphatic carbocycles. The number of amides is 1. The Bertz CT molecular complexity index is 649. The van der Waals surface area contributed by atoms with Gasteiger partial charge in [-0.2, -0.15) is 0 Å². The second-order valence-corrected chi connectivity index (χ2v) is 5.30. The van der Waals surface area contributed by atoms with Gasteiger partial charge in [-0.25, -0.2) is 4.98 Å². The Morgan fingerprint density at radius 3 is 2.75 bits per heavy atom. The minimum atomic E-state index is -0.223. The van der Waals surface area contributed by atoms with Crippen LogP contribution in [0.5, 0.6) is 0 Å². The van der Waals surface area contributed by atoms with Crippen LogP contribution in [0, 0.1) is 6.92 Å². The number of carbonyl (C=O) groups excluding carboxylic acids is 1. The zero-order chi connectivity index (χ0) is 14.9. The molecule has 5 nitrogen and oxygen atoms in total. The fourth-order valence-corrected chi connectivity index (χ4v) is 2.03. The zero-order valence-corrected chi connectivity index (χ0v) is 12.4. The van der Waals surface area contributed by atoms with E-state index >= 15 is 0 Å².